The maximum Gasteiger partial charge on any atom is 0.233 e. The maximum atomic E-state index is 13.2. The first-order valence-electron chi connectivity index (χ1n) is 12.4. The minimum absolute atomic E-state index is 0.131. The average Bonchev–Trinajstić information content (AvgIpc) is 3.62. The molecular formula is C26H30N6O2S. The van der Waals surface area contributed by atoms with Gasteiger partial charge in [0.2, 0.25) is 11.9 Å². The molecule has 2 aliphatic rings. The number of aromatic amines is 1. The highest BCUT2D eigenvalue weighted by Crippen LogP contribution is 2.30. The van der Waals surface area contributed by atoms with Crippen LogP contribution in [-0.2, 0) is 24.3 Å². The number of hydrogen-bond acceptors (Lipinski definition) is 6. The lowest BCUT2D eigenvalue weighted by Gasteiger charge is -2.31. The monoisotopic (exact) mass is 490 g/mol. The SMILES string of the molecule is CC1CCN(c2nnc(SCC(=O)N3CCc4[nH]c5ccccc5c4C3)n2Cc2ccco2)CC1. The first-order chi connectivity index (χ1) is 17.2. The van der Waals surface area contributed by atoms with Gasteiger partial charge in [0.05, 0.1) is 18.6 Å². The summed E-state index contributed by atoms with van der Waals surface area (Å²) in [6, 6.07) is 12.2. The number of carbonyl (C=O) groups is 1. The van der Waals surface area contributed by atoms with Crippen molar-refractivity contribution < 1.29 is 9.21 Å². The molecule has 8 nitrogen and oxygen atoms in total. The van der Waals surface area contributed by atoms with E-state index in [0.717, 1.165) is 67.2 Å². The van der Waals surface area contributed by atoms with Gasteiger partial charge >= 0.3 is 0 Å². The fraction of sp³-hybridized carbons (Fsp3) is 0.423. The van der Waals surface area contributed by atoms with Crippen molar-refractivity contribution in [3.8, 4) is 0 Å². The summed E-state index contributed by atoms with van der Waals surface area (Å²) in [4.78, 5) is 21.0. The number of anilines is 1. The number of nitrogens with zero attached hydrogens (tertiary/aromatic N) is 5. The van der Waals surface area contributed by atoms with E-state index in [1.54, 1.807) is 6.26 Å². The van der Waals surface area contributed by atoms with Gasteiger partial charge in [-0.15, -0.1) is 10.2 Å². The average molecular weight is 491 g/mol. The van der Waals surface area contributed by atoms with Crippen molar-refractivity contribution in [1.29, 1.82) is 0 Å². The summed E-state index contributed by atoms with van der Waals surface area (Å²) in [6.45, 7) is 6.19. The number of para-hydroxylation sites is 1. The lowest BCUT2D eigenvalue weighted by atomic mass is 10.00. The molecule has 0 saturated carbocycles. The standard InChI is InChI=1S/C26H30N6O2S/c1-18-8-11-30(12-9-18)25-28-29-26(32(25)15-19-5-4-14-34-19)35-17-24(33)31-13-10-23-21(16-31)20-6-2-3-7-22(20)27-23/h2-7,14,18,27H,8-13,15-17H2,1H3. The van der Waals surface area contributed by atoms with Gasteiger partial charge in [0, 0.05) is 54.8 Å². The number of hydrogen-bond donors (Lipinski definition) is 1. The van der Waals surface area contributed by atoms with E-state index in [-0.39, 0.29) is 5.91 Å². The van der Waals surface area contributed by atoms with Gasteiger partial charge in [-0.3, -0.25) is 9.36 Å². The smallest absolute Gasteiger partial charge is 0.233 e. The topological polar surface area (TPSA) is 83.2 Å². The lowest BCUT2D eigenvalue weighted by molar-refractivity contribution is -0.129. The van der Waals surface area contributed by atoms with Crippen LogP contribution in [0.3, 0.4) is 0 Å². The van der Waals surface area contributed by atoms with Gasteiger partial charge in [-0.25, -0.2) is 0 Å². The fourth-order valence-electron chi connectivity index (χ4n) is 5.12. The zero-order valence-corrected chi connectivity index (χ0v) is 20.8. The Labute approximate surface area is 208 Å². The minimum atomic E-state index is 0.131. The second kappa shape index (κ2) is 9.45. The van der Waals surface area contributed by atoms with Crippen LogP contribution in [0.4, 0.5) is 5.95 Å². The number of nitrogens with one attached hydrogen (secondary N) is 1. The number of amides is 1. The molecule has 4 aromatic rings. The molecule has 0 unspecified atom stereocenters. The van der Waals surface area contributed by atoms with E-state index in [0.29, 0.717) is 18.8 Å². The first kappa shape index (κ1) is 22.3. The Bertz CT molecular complexity index is 1320. The van der Waals surface area contributed by atoms with Crippen molar-refractivity contribution in [1.82, 2.24) is 24.6 Å². The molecular weight excluding hydrogens is 460 g/mol. The number of benzene rings is 1. The van der Waals surface area contributed by atoms with Gasteiger partial charge in [0.25, 0.3) is 0 Å². The molecule has 0 aliphatic carbocycles. The molecule has 9 heteroatoms. The second-order valence-corrected chi connectivity index (χ2v) is 10.5. The number of furan rings is 1. The third kappa shape index (κ3) is 4.45. The van der Waals surface area contributed by atoms with Crippen molar-refractivity contribution in [3.63, 3.8) is 0 Å². The van der Waals surface area contributed by atoms with Crippen molar-refractivity contribution in [2.24, 2.45) is 5.92 Å². The molecule has 5 heterocycles. The summed E-state index contributed by atoms with van der Waals surface area (Å²) in [5.41, 5.74) is 3.64. The number of carbonyl (C=O) groups excluding carboxylic acids is 1. The van der Waals surface area contributed by atoms with Gasteiger partial charge in [0.15, 0.2) is 5.16 Å². The molecule has 182 valence electrons. The van der Waals surface area contributed by atoms with Gasteiger partial charge in [-0.1, -0.05) is 36.9 Å². The maximum absolute atomic E-state index is 13.2. The van der Waals surface area contributed by atoms with E-state index in [1.165, 1.54) is 28.4 Å². The van der Waals surface area contributed by atoms with E-state index in [1.807, 2.05) is 23.1 Å². The summed E-state index contributed by atoms with van der Waals surface area (Å²) < 4.78 is 7.72. The number of fused-ring (bicyclic) bond motifs is 3. The predicted molar refractivity (Wildman–Crippen MR) is 137 cm³/mol. The lowest BCUT2D eigenvalue weighted by Crippen LogP contribution is -2.37. The van der Waals surface area contributed by atoms with E-state index in [2.05, 4.69) is 49.8 Å². The number of H-pyrrole nitrogens is 1. The normalized spacial score (nSPS) is 16.7. The second-order valence-electron chi connectivity index (χ2n) is 9.60. The summed E-state index contributed by atoms with van der Waals surface area (Å²) in [6.07, 6.45) is 4.85. The van der Waals surface area contributed by atoms with Crippen LogP contribution < -0.4 is 4.90 Å². The Kier molecular flexibility index (Phi) is 6.01. The Hall–Kier alpha value is -3.20. The molecule has 1 aromatic carbocycles. The van der Waals surface area contributed by atoms with Crippen molar-refractivity contribution in [2.45, 2.75) is 44.4 Å². The fourth-order valence-corrected chi connectivity index (χ4v) is 5.96. The molecule has 1 saturated heterocycles. The molecule has 0 bridgehead atoms. The van der Waals surface area contributed by atoms with E-state index < -0.39 is 0 Å². The molecule has 35 heavy (non-hydrogen) atoms. The summed E-state index contributed by atoms with van der Waals surface area (Å²) in [5, 5.41) is 11.0. The van der Waals surface area contributed by atoms with E-state index in [9.17, 15) is 4.79 Å². The minimum Gasteiger partial charge on any atom is -0.467 e. The van der Waals surface area contributed by atoms with Crippen molar-refractivity contribution >= 4 is 34.5 Å². The largest absolute Gasteiger partial charge is 0.467 e. The molecule has 1 fully saturated rings. The van der Waals surface area contributed by atoms with Crippen LogP contribution in [0, 0.1) is 5.92 Å². The van der Waals surface area contributed by atoms with Gasteiger partial charge in [-0.05, 0) is 37.0 Å². The number of aromatic nitrogens is 4. The van der Waals surface area contributed by atoms with Crippen LogP contribution in [0.15, 0.2) is 52.2 Å². The van der Waals surface area contributed by atoms with Gasteiger partial charge in [0.1, 0.15) is 5.76 Å². The first-order valence-corrected chi connectivity index (χ1v) is 13.3. The quantitative estimate of drug-likeness (QED) is 0.406. The Morgan fingerprint density at radius 1 is 1.14 bits per heavy atom. The van der Waals surface area contributed by atoms with Gasteiger partial charge < -0.3 is 19.2 Å². The molecule has 2 aliphatic heterocycles. The molecule has 0 spiro atoms. The van der Waals surface area contributed by atoms with Crippen LogP contribution in [0.25, 0.3) is 10.9 Å². The highest BCUT2D eigenvalue weighted by molar-refractivity contribution is 7.99. The zero-order valence-electron chi connectivity index (χ0n) is 19.9. The number of piperidine rings is 1. The van der Waals surface area contributed by atoms with Crippen LogP contribution in [0.1, 0.15) is 36.8 Å². The molecule has 0 atom stereocenters. The van der Waals surface area contributed by atoms with Crippen molar-refractivity contribution in [2.75, 3.05) is 30.3 Å². The van der Waals surface area contributed by atoms with E-state index in [4.69, 9.17) is 4.42 Å². The molecule has 0 radical (unpaired) electrons. The summed E-state index contributed by atoms with van der Waals surface area (Å²) in [7, 11) is 0. The summed E-state index contributed by atoms with van der Waals surface area (Å²) in [5.74, 6) is 2.93. The highest BCUT2D eigenvalue weighted by Gasteiger charge is 2.26. The van der Waals surface area contributed by atoms with Gasteiger partial charge in [-0.2, -0.15) is 0 Å². The Morgan fingerprint density at radius 2 is 2.00 bits per heavy atom. The molecule has 3 aromatic heterocycles. The Balaban J connectivity index is 1.17. The highest BCUT2D eigenvalue weighted by atomic mass is 32.2. The summed E-state index contributed by atoms with van der Waals surface area (Å²) >= 11 is 1.47. The molecule has 1 N–H and O–H groups in total. The van der Waals surface area contributed by atoms with Crippen LogP contribution >= 0.6 is 11.8 Å². The van der Waals surface area contributed by atoms with E-state index >= 15 is 0 Å². The van der Waals surface area contributed by atoms with Crippen LogP contribution in [-0.4, -0.2) is 55.9 Å². The van der Waals surface area contributed by atoms with Crippen LogP contribution in [0.5, 0.6) is 0 Å². The third-order valence-corrected chi connectivity index (χ3v) is 8.17. The number of thioether (sulfide) groups is 1. The molecule has 1 amide bonds. The predicted octanol–water partition coefficient (Wildman–Crippen LogP) is 4.31. The van der Waals surface area contributed by atoms with Crippen molar-refractivity contribution in [3.05, 3.63) is 59.7 Å². The molecule has 6 rings (SSSR count). The van der Waals surface area contributed by atoms with Crippen LogP contribution in [0.2, 0.25) is 0 Å². The number of rotatable bonds is 6. The Morgan fingerprint density at radius 3 is 2.83 bits per heavy atom. The zero-order chi connectivity index (χ0) is 23.8. The third-order valence-electron chi connectivity index (χ3n) is 7.22.